The highest BCUT2D eigenvalue weighted by atomic mass is 19.1. The van der Waals surface area contributed by atoms with Gasteiger partial charge in [0.15, 0.2) is 0 Å². The van der Waals surface area contributed by atoms with E-state index in [1.165, 1.54) is 12.1 Å². The van der Waals surface area contributed by atoms with Crippen molar-refractivity contribution in [3.05, 3.63) is 35.4 Å². The Morgan fingerprint density at radius 1 is 1.20 bits per heavy atom. The van der Waals surface area contributed by atoms with Crippen molar-refractivity contribution in [3.63, 3.8) is 0 Å². The predicted molar refractivity (Wildman–Crippen MR) is 54.5 cm³/mol. The third-order valence-electron chi connectivity index (χ3n) is 1.96. The maximum atomic E-state index is 12.8. The normalized spacial score (nSPS) is 10.7. The molecule has 0 aliphatic carbocycles. The van der Waals surface area contributed by atoms with Gasteiger partial charge < -0.3 is 0 Å². The number of carbonyl (C=O) groups excluding carboxylic acids is 1. The van der Waals surface area contributed by atoms with Gasteiger partial charge in [-0.15, -0.1) is 0 Å². The number of hydrogen-bond donors (Lipinski definition) is 0. The zero-order chi connectivity index (χ0) is 11.4. The minimum absolute atomic E-state index is 0.00926. The number of halogens is 2. The zero-order valence-electron chi connectivity index (χ0n) is 8.89. The van der Waals surface area contributed by atoms with Gasteiger partial charge in [-0.1, -0.05) is 13.8 Å². The van der Waals surface area contributed by atoms with E-state index in [2.05, 4.69) is 0 Å². The van der Waals surface area contributed by atoms with Crippen molar-refractivity contribution < 1.29 is 13.6 Å². The van der Waals surface area contributed by atoms with Crippen molar-refractivity contribution >= 4 is 5.78 Å². The van der Waals surface area contributed by atoms with Crippen LogP contribution in [0.25, 0.3) is 0 Å². The van der Waals surface area contributed by atoms with E-state index in [0.717, 1.165) is 6.07 Å². The van der Waals surface area contributed by atoms with Gasteiger partial charge in [-0.3, -0.25) is 4.79 Å². The maximum Gasteiger partial charge on any atom is 0.137 e. The Hall–Kier alpha value is -1.25. The van der Waals surface area contributed by atoms with Crippen LogP contribution in [0.4, 0.5) is 8.78 Å². The smallest absolute Gasteiger partial charge is 0.137 e. The second-order valence-electron chi connectivity index (χ2n) is 4.09. The Morgan fingerprint density at radius 2 is 1.73 bits per heavy atom. The topological polar surface area (TPSA) is 17.1 Å². The maximum absolute atomic E-state index is 12.8. The number of ketones is 1. The molecule has 0 heterocycles. The molecule has 0 radical (unpaired) electrons. The zero-order valence-corrected chi connectivity index (χ0v) is 8.89. The summed E-state index contributed by atoms with van der Waals surface area (Å²) in [6, 6.07) is 3.19. The van der Waals surface area contributed by atoms with Crippen molar-refractivity contribution in [2.75, 3.05) is 0 Å². The summed E-state index contributed by atoms with van der Waals surface area (Å²) in [5.41, 5.74) is 0.401. The molecule has 1 aromatic carbocycles. The molecule has 0 fully saturated rings. The Labute approximate surface area is 88.1 Å². The number of benzene rings is 1. The Morgan fingerprint density at radius 3 is 2.20 bits per heavy atom. The number of hydrogen-bond acceptors (Lipinski definition) is 1. The van der Waals surface area contributed by atoms with Crippen LogP contribution >= 0.6 is 0 Å². The van der Waals surface area contributed by atoms with Gasteiger partial charge in [0.1, 0.15) is 17.4 Å². The van der Waals surface area contributed by atoms with Crippen LogP contribution in [0.15, 0.2) is 18.2 Å². The van der Waals surface area contributed by atoms with Crippen molar-refractivity contribution in [3.8, 4) is 0 Å². The van der Waals surface area contributed by atoms with Crippen molar-refractivity contribution in [2.24, 2.45) is 5.92 Å². The van der Waals surface area contributed by atoms with E-state index in [1.807, 2.05) is 13.8 Å². The molecule has 0 atom stereocenters. The molecular formula is C12H14F2O. The van der Waals surface area contributed by atoms with Crippen LogP contribution in [-0.4, -0.2) is 5.78 Å². The van der Waals surface area contributed by atoms with E-state index in [9.17, 15) is 13.6 Å². The van der Waals surface area contributed by atoms with Gasteiger partial charge in [-0.2, -0.15) is 0 Å². The van der Waals surface area contributed by atoms with Crippen LogP contribution < -0.4 is 0 Å². The van der Waals surface area contributed by atoms with Gasteiger partial charge in [0, 0.05) is 18.9 Å². The van der Waals surface area contributed by atoms with Crippen LogP contribution in [0.5, 0.6) is 0 Å². The minimum atomic E-state index is -0.637. The van der Waals surface area contributed by atoms with Crippen LogP contribution in [0.2, 0.25) is 0 Å². The average Bonchev–Trinajstić information content (AvgIpc) is 1.98. The molecule has 1 aromatic rings. The monoisotopic (exact) mass is 212 g/mol. The molecule has 0 saturated carbocycles. The van der Waals surface area contributed by atoms with E-state index in [4.69, 9.17) is 0 Å². The molecule has 0 aliphatic rings. The standard InChI is InChI=1S/C12H14F2O/c1-8(2)3-12(15)6-9-4-10(13)7-11(14)5-9/h4-5,7-8H,3,6H2,1-2H3. The molecule has 0 bridgehead atoms. The van der Waals surface area contributed by atoms with Crippen LogP contribution in [0, 0.1) is 17.6 Å². The fourth-order valence-corrected chi connectivity index (χ4v) is 1.47. The summed E-state index contributed by atoms with van der Waals surface area (Å²) in [6.45, 7) is 3.87. The van der Waals surface area contributed by atoms with E-state index in [-0.39, 0.29) is 18.1 Å². The SMILES string of the molecule is CC(C)CC(=O)Cc1cc(F)cc(F)c1. The molecule has 15 heavy (non-hydrogen) atoms. The lowest BCUT2D eigenvalue weighted by molar-refractivity contribution is -0.119. The second kappa shape index (κ2) is 5.01. The summed E-state index contributed by atoms with van der Waals surface area (Å²) in [5.74, 6) is -0.990. The molecule has 0 aliphatic heterocycles. The first-order valence-corrected chi connectivity index (χ1v) is 4.94. The highest BCUT2D eigenvalue weighted by molar-refractivity contribution is 5.80. The van der Waals surface area contributed by atoms with Crippen molar-refractivity contribution in [1.82, 2.24) is 0 Å². The third kappa shape index (κ3) is 4.19. The molecule has 0 unspecified atom stereocenters. The lowest BCUT2D eigenvalue weighted by atomic mass is 10.0. The van der Waals surface area contributed by atoms with E-state index < -0.39 is 11.6 Å². The number of rotatable bonds is 4. The van der Waals surface area contributed by atoms with Gasteiger partial charge in [0.25, 0.3) is 0 Å². The van der Waals surface area contributed by atoms with Crippen molar-refractivity contribution in [2.45, 2.75) is 26.7 Å². The molecule has 3 heteroatoms. The largest absolute Gasteiger partial charge is 0.299 e. The predicted octanol–water partition coefficient (Wildman–Crippen LogP) is 3.12. The molecule has 0 aromatic heterocycles. The molecule has 0 N–H and O–H groups in total. The Balaban J connectivity index is 2.68. The molecule has 1 rings (SSSR count). The van der Waals surface area contributed by atoms with Crippen LogP contribution in [0.1, 0.15) is 25.8 Å². The van der Waals surface area contributed by atoms with Crippen LogP contribution in [-0.2, 0) is 11.2 Å². The van der Waals surface area contributed by atoms with Crippen molar-refractivity contribution in [1.29, 1.82) is 0 Å². The summed E-state index contributed by atoms with van der Waals surface area (Å²) < 4.78 is 25.6. The molecule has 0 amide bonds. The lowest BCUT2D eigenvalue weighted by Gasteiger charge is -2.04. The summed E-state index contributed by atoms with van der Waals surface area (Å²) >= 11 is 0. The van der Waals surface area contributed by atoms with E-state index >= 15 is 0 Å². The Kier molecular flexibility index (Phi) is 3.95. The highest BCUT2D eigenvalue weighted by Crippen LogP contribution is 2.11. The van der Waals surface area contributed by atoms with Gasteiger partial charge in [0.05, 0.1) is 0 Å². The summed E-state index contributed by atoms with van der Waals surface area (Å²) in [4.78, 5) is 11.4. The summed E-state index contributed by atoms with van der Waals surface area (Å²) in [7, 11) is 0. The average molecular weight is 212 g/mol. The van der Waals surface area contributed by atoms with Gasteiger partial charge >= 0.3 is 0 Å². The van der Waals surface area contributed by atoms with E-state index in [1.54, 1.807) is 0 Å². The first-order valence-electron chi connectivity index (χ1n) is 4.94. The Bertz CT molecular complexity index is 338. The molecule has 0 saturated heterocycles. The summed E-state index contributed by atoms with van der Waals surface area (Å²) in [6.07, 6.45) is 0.547. The fraction of sp³-hybridized carbons (Fsp3) is 0.417. The third-order valence-corrected chi connectivity index (χ3v) is 1.96. The number of Topliss-reactive ketones (excluding diaryl/α,β-unsaturated/α-hetero) is 1. The minimum Gasteiger partial charge on any atom is -0.299 e. The second-order valence-corrected chi connectivity index (χ2v) is 4.09. The quantitative estimate of drug-likeness (QED) is 0.749. The molecule has 1 nitrogen and oxygen atoms in total. The van der Waals surface area contributed by atoms with E-state index in [0.29, 0.717) is 12.0 Å². The first-order chi connectivity index (χ1) is 6.97. The number of carbonyl (C=O) groups is 1. The molecular weight excluding hydrogens is 198 g/mol. The lowest BCUT2D eigenvalue weighted by Crippen LogP contribution is -2.06. The van der Waals surface area contributed by atoms with Crippen LogP contribution in [0.3, 0.4) is 0 Å². The van der Waals surface area contributed by atoms with Gasteiger partial charge in [-0.05, 0) is 23.6 Å². The highest BCUT2D eigenvalue weighted by Gasteiger charge is 2.08. The molecule has 0 spiro atoms. The first kappa shape index (κ1) is 11.8. The molecule has 82 valence electrons. The van der Waals surface area contributed by atoms with Gasteiger partial charge in [0.2, 0.25) is 0 Å². The fourth-order valence-electron chi connectivity index (χ4n) is 1.47. The van der Waals surface area contributed by atoms with Gasteiger partial charge in [-0.25, -0.2) is 8.78 Å². The summed E-state index contributed by atoms with van der Waals surface area (Å²) in [5, 5.41) is 0.